The molecule has 24 heavy (non-hydrogen) atoms. The molecule has 1 fully saturated rings. The molecule has 2 heterocycles. The summed E-state index contributed by atoms with van der Waals surface area (Å²) < 4.78 is 6.79. The van der Waals surface area contributed by atoms with Gasteiger partial charge in [-0.15, -0.1) is 24.0 Å². The van der Waals surface area contributed by atoms with Gasteiger partial charge in [-0.25, -0.2) is 0 Å². The summed E-state index contributed by atoms with van der Waals surface area (Å²) >= 11 is 0. The minimum atomic E-state index is -0.136. The Hall–Kier alpha value is -1.32. The fraction of sp³-hybridized carbons (Fsp3) is 0.688. The van der Waals surface area contributed by atoms with Crippen molar-refractivity contribution in [2.75, 3.05) is 33.3 Å². The maximum absolute atomic E-state index is 11.8. The molecule has 0 aromatic carbocycles. The Kier molecular flexibility index (Phi) is 8.51. The highest BCUT2D eigenvalue weighted by Crippen LogP contribution is 2.24. The summed E-state index contributed by atoms with van der Waals surface area (Å²) in [5.41, 5.74) is 1.15. The highest BCUT2D eigenvalue weighted by Gasteiger charge is 2.36. The molecule has 2 atom stereocenters. The topological polar surface area (TPSA) is 71.8 Å². The number of carbonyl (C=O) groups is 1. The van der Waals surface area contributed by atoms with Gasteiger partial charge in [-0.05, 0) is 25.3 Å². The highest BCUT2D eigenvalue weighted by atomic mass is 127. The Morgan fingerprint density at radius 1 is 1.50 bits per heavy atom. The molecular formula is C16H28IN5O2. The van der Waals surface area contributed by atoms with Gasteiger partial charge in [0.05, 0.1) is 32.3 Å². The van der Waals surface area contributed by atoms with E-state index >= 15 is 0 Å². The smallest absolute Gasteiger partial charge is 0.310 e. The number of aromatic nitrogens is 2. The number of methoxy groups -OCH3 is 1. The Labute approximate surface area is 160 Å². The molecule has 7 nitrogen and oxygen atoms in total. The number of esters is 1. The third-order valence-electron chi connectivity index (χ3n) is 4.10. The molecule has 8 heteroatoms. The molecule has 1 N–H and O–H groups in total. The summed E-state index contributed by atoms with van der Waals surface area (Å²) in [4.78, 5) is 18.6. The quantitative estimate of drug-likeness (QED) is 0.320. The molecular weight excluding hydrogens is 421 g/mol. The monoisotopic (exact) mass is 449 g/mol. The van der Waals surface area contributed by atoms with Crippen LogP contribution >= 0.6 is 24.0 Å². The zero-order valence-corrected chi connectivity index (χ0v) is 17.2. The van der Waals surface area contributed by atoms with Crippen LogP contribution in [0.2, 0.25) is 0 Å². The second-order valence-corrected chi connectivity index (χ2v) is 6.03. The van der Waals surface area contributed by atoms with Crippen molar-refractivity contribution in [2.45, 2.75) is 27.3 Å². The Morgan fingerprint density at radius 2 is 2.25 bits per heavy atom. The van der Waals surface area contributed by atoms with Crippen LogP contribution in [0.3, 0.4) is 0 Å². The van der Waals surface area contributed by atoms with Crippen molar-refractivity contribution < 1.29 is 9.53 Å². The van der Waals surface area contributed by atoms with Gasteiger partial charge in [0.1, 0.15) is 0 Å². The number of aliphatic imine (C=N–C) groups is 1. The highest BCUT2D eigenvalue weighted by molar-refractivity contribution is 14.0. The molecule has 0 aliphatic carbocycles. The first-order chi connectivity index (χ1) is 11.0. The number of likely N-dealkylation sites (tertiary alicyclic amines) is 1. The summed E-state index contributed by atoms with van der Waals surface area (Å²) in [5, 5.41) is 7.57. The molecule has 1 aromatic rings. The summed E-state index contributed by atoms with van der Waals surface area (Å²) in [7, 11) is 1.45. The lowest BCUT2D eigenvalue weighted by Crippen LogP contribution is -2.40. The van der Waals surface area contributed by atoms with Gasteiger partial charge < -0.3 is 15.0 Å². The number of hydrogen-bond donors (Lipinski definition) is 1. The molecule has 0 saturated carbocycles. The molecule has 1 aliphatic rings. The van der Waals surface area contributed by atoms with E-state index in [1.165, 1.54) is 7.11 Å². The van der Waals surface area contributed by atoms with Crippen molar-refractivity contribution in [3.63, 3.8) is 0 Å². The molecule has 136 valence electrons. The van der Waals surface area contributed by atoms with E-state index in [4.69, 9.17) is 4.74 Å². The van der Waals surface area contributed by atoms with Crippen molar-refractivity contribution in [2.24, 2.45) is 16.8 Å². The second kappa shape index (κ2) is 9.85. The molecule has 0 amide bonds. The maximum Gasteiger partial charge on any atom is 0.310 e. The average Bonchev–Trinajstić information content (AvgIpc) is 3.11. The largest absolute Gasteiger partial charge is 0.469 e. The predicted octanol–water partition coefficient (Wildman–Crippen LogP) is 1.52. The lowest BCUT2D eigenvalue weighted by atomic mass is 9.99. The molecule has 1 saturated heterocycles. The normalized spacial score (nSPS) is 20.7. The van der Waals surface area contributed by atoms with Gasteiger partial charge in [0.25, 0.3) is 0 Å². The van der Waals surface area contributed by atoms with E-state index in [2.05, 4.69) is 27.2 Å². The first-order valence-electron chi connectivity index (χ1n) is 8.15. The number of ether oxygens (including phenoxy) is 1. The number of halogens is 1. The number of carbonyl (C=O) groups excluding carboxylic acids is 1. The fourth-order valence-electron chi connectivity index (χ4n) is 2.87. The number of nitrogens with one attached hydrogen (secondary N) is 1. The fourth-order valence-corrected chi connectivity index (χ4v) is 2.87. The third kappa shape index (κ3) is 5.35. The summed E-state index contributed by atoms with van der Waals surface area (Å²) in [6, 6.07) is 0. The van der Waals surface area contributed by atoms with E-state index in [0.717, 1.165) is 31.2 Å². The van der Waals surface area contributed by atoms with Gasteiger partial charge in [-0.3, -0.25) is 14.5 Å². The van der Waals surface area contributed by atoms with E-state index in [0.29, 0.717) is 13.1 Å². The average molecular weight is 449 g/mol. The lowest BCUT2D eigenvalue weighted by Gasteiger charge is -2.21. The lowest BCUT2D eigenvalue weighted by molar-refractivity contribution is -0.145. The standard InChI is InChI=1S/C16H27N5O2.HI/c1-5-17-16(18-6-7-21-9-12(2)8-19-21)20-10-13(3)14(11-20)15(22)23-4;/h8-9,13-14H,5-7,10-11H2,1-4H3,(H,17,18);1H. The second-order valence-electron chi connectivity index (χ2n) is 6.03. The van der Waals surface area contributed by atoms with Crippen LogP contribution in [-0.2, 0) is 16.1 Å². The third-order valence-corrected chi connectivity index (χ3v) is 4.10. The first-order valence-corrected chi connectivity index (χ1v) is 8.15. The number of nitrogens with zero attached hydrogens (tertiary/aromatic N) is 4. The minimum absolute atomic E-state index is 0. The van der Waals surface area contributed by atoms with Crippen molar-refractivity contribution >= 4 is 35.9 Å². The number of aryl methyl sites for hydroxylation is 1. The van der Waals surface area contributed by atoms with Crippen LogP contribution in [0.15, 0.2) is 17.4 Å². The number of rotatable bonds is 5. The zero-order valence-electron chi connectivity index (χ0n) is 14.9. The van der Waals surface area contributed by atoms with Crippen molar-refractivity contribution in [3.05, 3.63) is 18.0 Å². The van der Waals surface area contributed by atoms with E-state index in [1.807, 2.05) is 30.9 Å². The van der Waals surface area contributed by atoms with Gasteiger partial charge in [0.2, 0.25) is 0 Å². The SMILES string of the molecule is CCNC(=NCCn1cc(C)cn1)N1CC(C)C(C(=O)OC)C1.I. The summed E-state index contributed by atoms with van der Waals surface area (Å²) in [5.74, 6) is 0.898. The molecule has 0 radical (unpaired) electrons. The molecule has 1 aromatic heterocycles. The van der Waals surface area contributed by atoms with Crippen LogP contribution in [0.4, 0.5) is 0 Å². The van der Waals surface area contributed by atoms with Crippen LogP contribution in [0, 0.1) is 18.8 Å². The van der Waals surface area contributed by atoms with Crippen LogP contribution in [0.5, 0.6) is 0 Å². The van der Waals surface area contributed by atoms with Gasteiger partial charge in [-0.2, -0.15) is 5.10 Å². The number of guanidine groups is 1. The Morgan fingerprint density at radius 3 is 2.83 bits per heavy atom. The van der Waals surface area contributed by atoms with Crippen LogP contribution in [-0.4, -0.2) is 59.9 Å². The van der Waals surface area contributed by atoms with Crippen LogP contribution in [0.25, 0.3) is 0 Å². The maximum atomic E-state index is 11.8. The van der Waals surface area contributed by atoms with Crippen molar-refractivity contribution in [3.8, 4) is 0 Å². The van der Waals surface area contributed by atoms with Crippen molar-refractivity contribution in [1.29, 1.82) is 0 Å². The minimum Gasteiger partial charge on any atom is -0.469 e. The summed E-state index contributed by atoms with van der Waals surface area (Å²) in [6.07, 6.45) is 3.85. The number of hydrogen-bond acceptors (Lipinski definition) is 4. The molecule has 0 spiro atoms. The Balaban J connectivity index is 0.00000288. The molecule has 1 aliphatic heterocycles. The van der Waals surface area contributed by atoms with Crippen LogP contribution in [0.1, 0.15) is 19.4 Å². The van der Waals surface area contributed by atoms with Gasteiger partial charge in [-0.1, -0.05) is 6.92 Å². The van der Waals surface area contributed by atoms with Gasteiger partial charge in [0.15, 0.2) is 5.96 Å². The van der Waals surface area contributed by atoms with Crippen molar-refractivity contribution in [1.82, 2.24) is 20.0 Å². The molecule has 0 bridgehead atoms. The molecule has 2 rings (SSSR count). The van der Waals surface area contributed by atoms with Gasteiger partial charge >= 0.3 is 5.97 Å². The zero-order chi connectivity index (χ0) is 16.8. The van der Waals surface area contributed by atoms with Gasteiger partial charge in [0, 0.05) is 25.8 Å². The molecule has 2 unspecified atom stereocenters. The van der Waals surface area contributed by atoms with E-state index in [1.54, 1.807) is 0 Å². The Bertz CT molecular complexity index is 560. The van der Waals surface area contributed by atoms with Crippen LogP contribution < -0.4 is 5.32 Å². The van der Waals surface area contributed by atoms with E-state index in [9.17, 15) is 4.79 Å². The predicted molar refractivity (Wildman–Crippen MR) is 105 cm³/mol. The first kappa shape index (κ1) is 20.7. The summed E-state index contributed by atoms with van der Waals surface area (Å²) in [6.45, 7) is 9.81. The van der Waals surface area contributed by atoms with E-state index < -0.39 is 0 Å². The van der Waals surface area contributed by atoms with E-state index in [-0.39, 0.29) is 41.8 Å².